The fraction of sp³-hybridized carbons (Fsp3) is 0.286. The van der Waals surface area contributed by atoms with E-state index in [-0.39, 0.29) is 5.82 Å². The second kappa shape index (κ2) is 5.44. The Bertz CT molecular complexity index is 570. The van der Waals surface area contributed by atoms with Crippen LogP contribution in [0.4, 0.5) is 4.39 Å². The van der Waals surface area contributed by atoms with Gasteiger partial charge in [0.1, 0.15) is 16.8 Å². The quantitative estimate of drug-likeness (QED) is 0.777. The van der Waals surface area contributed by atoms with Crippen LogP contribution in [0.15, 0.2) is 24.3 Å². The first-order chi connectivity index (χ1) is 8.60. The number of benzene rings is 1. The minimum atomic E-state index is -0.294. The number of hydrogen-bond acceptors (Lipinski definition) is 2. The molecule has 1 heterocycles. The summed E-state index contributed by atoms with van der Waals surface area (Å²) >= 11 is 5.95. The van der Waals surface area contributed by atoms with E-state index in [1.54, 1.807) is 18.2 Å². The lowest BCUT2D eigenvalue weighted by molar-refractivity contribution is 0.630. The Morgan fingerprint density at radius 1 is 1.22 bits per heavy atom. The fourth-order valence-electron chi connectivity index (χ4n) is 1.77. The zero-order valence-electron chi connectivity index (χ0n) is 10.4. The molecule has 0 spiro atoms. The molecule has 1 aromatic carbocycles. The van der Waals surface area contributed by atoms with Gasteiger partial charge >= 0.3 is 0 Å². The molecular formula is C14H14ClFN2. The molecule has 0 radical (unpaired) electrons. The predicted octanol–water partition coefficient (Wildman–Crippen LogP) is 4.20. The summed E-state index contributed by atoms with van der Waals surface area (Å²) in [5, 5.41) is 0.351. The molecule has 94 valence electrons. The molecule has 0 atom stereocenters. The first-order valence-electron chi connectivity index (χ1n) is 5.90. The summed E-state index contributed by atoms with van der Waals surface area (Å²) in [5.41, 5.74) is 1.99. The Morgan fingerprint density at radius 3 is 2.72 bits per heavy atom. The van der Waals surface area contributed by atoms with Gasteiger partial charge in [0.15, 0.2) is 0 Å². The van der Waals surface area contributed by atoms with Gasteiger partial charge in [0, 0.05) is 18.1 Å². The smallest absolute Gasteiger partial charge is 0.133 e. The molecule has 0 unspecified atom stereocenters. The van der Waals surface area contributed by atoms with E-state index in [9.17, 15) is 4.39 Å². The second-order valence-electron chi connectivity index (χ2n) is 4.23. The molecule has 1 aromatic heterocycles. The van der Waals surface area contributed by atoms with Crippen LogP contribution in [0.25, 0.3) is 11.3 Å². The van der Waals surface area contributed by atoms with Crippen molar-refractivity contribution in [1.29, 1.82) is 0 Å². The molecular weight excluding hydrogens is 251 g/mol. The minimum Gasteiger partial charge on any atom is -0.233 e. The summed E-state index contributed by atoms with van der Waals surface area (Å²) < 4.78 is 13.8. The Morgan fingerprint density at radius 2 is 2.00 bits per heavy atom. The predicted molar refractivity (Wildman–Crippen MR) is 71.2 cm³/mol. The van der Waals surface area contributed by atoms with E-state index >= 15 is 0 Å². The zero-order chi connectivity index (χ0) is 13.1. The van der Waals surface area contributed by atoms with Gasteiger partial charge in [-0.2, -0.15) is 0 Å². The van der Waals surface area contributed by atoms with Crippen molar-refractivity contribution in [2.45, 2.75) is 26.7 Å². The molecule has 0 fully saturated rings. The van der Waals surface area contributed by atoms with Crippen molar-refractivity contribution in [1.82, 2.24) is 9.97 Å². The molecule has 0 bridgehead atoms. The van der Waals surface area contributed by atoms with Crippen molar-refractivity contribution >= 4 is 11.6 Å². The summed E-state index contributed by atoms with van der Waals surface area (Å²) in [6.45, 7) is 3.95. The topological polar surface area (TPSA) is 25.8 Å². The second-order valence-corrected chi connectivity index (χ2v) is 4.61. The van der Waals surface area contributed by atoms with Crippen molar-refractivity contribution in [3.8, 4) is 11.3 Å². The molecule has 0 aliphatic rings. The summed E-state index contributed by atoms with van der Waals surface area (Å²) in [4.78, 5) is 8.49. The van der Waals surface area contributed by atoms with Crippen molar-refractivity contribution in [3.63, 3.8) is 0 Å². The zero-order valence-corrected chi connectivity index (χ0v) is 11.1. The fourth-order valence-corrected chi connectivity index (χ4v) is 1.97. The number of nitrogens with zero attached hydrogens (tertiary/aromatic N) is 2. The van der Waals surface area contributed by atoms with Crippen molar-refractivity contribution < 1.29 is 4.39 Å². The lowest BCUT2D eigenvalue weighted by atomic mass is 10.1. The molecule has 0 saturated carbocycles. The minimum absolute atomic E-state index is 0.294. The molecule has 0 saturated heterocycles. The van der Waals surface area contributed by atoms with Crippen LogP contribution in [0.2, 0.25) is 5.15 Å². The molecule has 4 heteroatoms. The van der Waals surface area contributed by atoms with Gasteiger partial charge in [-0.1, -0.05) is 30.2 Å². The van der Waals surface area contributed by atoms with Crippen molar-refractivity contribution in [2.24, 2.45) is 0 Å². The Kier molecular flexibility index (Phi) is 3.92. The summed E-state index contributed by atoms with van der Waals surface area (Å²) in [5.74, 6) is 0.360. The molecule has 0 amide bonds. The van der Waals surface area contributed by atoms with Crippen LogP contribution in [-0.2, 0) is 6.42 Å². The lowest BCUT2D eigenvalue weighted by Crippen LogP contribution is -1.98. The van der Waals surface area contributed by atoms with Gasteiger partial charge in [-0.25, -0.2) is 14.4 Å². The molecule has 0 N–H and O–H groups in total. The van der Waals surface area contributed by atoms with Crippen LogP contribution in [0, 0.1) is 12.7 Å². The third-order valence-electron chi connectivity index (χ3n) is 2.61. The maximum Gasteiger partial charge on any atom is 0.133 e. The van der Waals surface area contributed by atoms with E-state index in [4.69, 9.17) is 11.6 Å². The van der Waals surface area contributed by atoms with Gasteiger partial charge in [0.05, 0.1) is 5.69 Å². The first kappa shape index (κ1) is 13.0. The average molecular weight is 265 g/mol. The van der Waals surface area contributed by atoms with Gasteiger partial charge < -0.3 is 0 Å². The van der Waals surface area contributed by atoms with Crippen LogP contribution in [-0.4, -0.2) is 9.97 Å². The number of halogens is 2. The van der Waals surface area contributed by atoms with Gasteiger partial charge in [0.25, 0.3) is 0 Å². The molecule has 0 aliphatic heterocycles. The lowest BCUT2D eigenvalue weighted by Gasteiger charge is -2.06. The van der Waals surface area contributed by atoms with E-state index in [1.165, 1.54) is 6.07 Å². The van der Waals surface area contributed by atoms with Gasteiger partial charge in [-0.05, 0) is 25.5 Å². The van der Waals surface area contributed by atoms with E-state index in [0.717, 1.165) is 18.4 Å². The maximum absolute atomic E-state index is 13.8. The monoisotopic (exact) mass is 264 g/mol. The Hall–Kier alpha value is -1.48. The van der Waals surface area contributed by atoms with E-state index in [2.05, 4.69) is 9.97 Å². The molecule has 2 nitrogen and oxygen atoms in total. The average Bonchev–Trinajstić information content (AvgIpc) is 2.32. The Labute approximate surface area is 111 Å². The summed E-state index contributed by atoms with van der Waals surface area (Å²) in [6.07, 6.45) is 1.66. The third-order valence-corrected chi connectivity index (χ3v) is 2.81. The third kappa shape index (κ3) is 2.85. The molecule has 2 aromatic rings. The first-order valence-corrected chi connectivity index (χ1v) is 6.28. The highest BCUT2D eigenvalue weighted by atomic mass is 35.5. The standard InChI is InChI=1S/C14H14ClFN2/c1-3-4-14-17-12(8-13(15)18-14)10-7-9(2)5-6-11(10)16/h5-8H,3-4H2,1-2H3. The van der Waals surface area contributed by atoms with Crippen LogP contribution in [0.5, 0.6) is 0 Å². The number of hydrogen-bond donors (Lipinski definition) is 0. The highest BCUT2D eigenvalue weighted by Crippen LogP contribution is 2.24. The van der Waals surface area contributed by atoms with E-state index in [0.29, 0.717) is 22.2 Å². The summed E-state index contributed by atoms with van der Waals surface area (Å²) in [6, 6.07) is 6.54. The van der Waals surface area contributed by atoms with Crippen molar-refractivity contribution in [3.05, 3.63) is 46.6 Å². The number of aromatic nitrogens is 2. The van der Waals surface area contributed by atoms with Gasteiger partial charge in [-0.3, -0.25) is 0 Å². The molecule has 18 heavy (non-hydrogen) atoms. The molecule has 2 rings (SSSR count). The summed E-state index contributed by atoms with van der Waals surface area (Å²) in [7, 11) is 0. The van der Waals surface area contributed by atoms with Gasteiger partial charge in [0.2, 0.25) is 0 Å². The van der Waals surface area contributed by atoms with Crippen LogP contribution in [0.1, 0.15) is 24.7 Å². The van der Waals surface area contributed by atoms with Crippen LogP contribution in [0.3, 0.4) is 0 Å². The van der Waals surface area contributed by atoms with E-state index in [1.807, 2.05) is 13.8 Å². The highest BCUT2D eigenvalue weighted by molar-refractivity contribution is 6.29. The Balaban J connectivity index is 2.52. The van der Waals surface area contributed by atoms with Gasteiger partial charge in [-0.15, -0.1) is 0 Å². The van der Waals surface area contributed by atoms with Crippen molar-refractivity contribution in [2.75, 3.05) is 0 Å². The number of rotatable bonds is 3. The SMILES string of the molecule is CCCc1nc(Cl)cc(-c2cc(C)ccc2F)n1. The van der Waals surface area contributed by atoms with Crippen LogP contribution >= 0.6 is 11.6 Å². The van der Waals surface area contributed by atoms with Crippen LogP contribution < -0.4 is 0 Å². The number of aryl methyl sites for hydroxylation is 2. The normalized spacial score (nSPS) is 10.7. The van der Waals surface area contributed by atoms with E-state index < -0.39 is 0 Å². The maximum atomic E-state index is 13.8. The molecule has 0 aliphatic carbocycles. The largest absolute Gasteiger partial charge is 0.233 e. The highest BCUT2D eigenvalue weighted by Gasteiger charge is 2.10.